The second kappa shape index (κ2) is 4.66. The molecule has 4 rings (SSSR count). The van der Waals surface area contributed by atoms with Crippen molar-refractivity contribution in [3.8, 4) is 5.75 Å². The van der Waals surface area contributed by atoms with Gasteiger partial charge in [0, 0.05) is 30.5 Å². The molecule has 1 aromatic carbocycles. The second-order valence-corrected chi connectivity index (χ2v) is 6.00. The molecule has 102 valence electrons. The van der Waals surface area contributed by atoms with Gasteiger partial charge in [-0.25, -0.2) is 9.97 Å². The fraction of sp³-hybridized carbons (Fsp3) is 0.333. The molecule has 1 unspecified atom stereocenters. The van der Waals surface area contributed by atoms with Gasteiger partial charge in [0.25, 0.3) is 0 Å². The van der Waals surface area contributed by atoms with Crippen molar-refractivity contribution < 1.29 is 4.74 Å². The van der Waals surface area contributed by atoms with Gasteiger partial charge in [0.1, 0.15) is 11.6 Å². The lowest BCUT2D eigenvalue weighted by atomic mass is 10.1. The zero-order valence-corrected chi connectivity index (χ0v) is 12.0. The van der Waals surface area contributed by atoms with Crippen molar-refractivity contribution in [1.29, 1.82) is 0 Å². The van der Waals surface area contributed by atoms with Gasteiger partial charge in [-0.05, 0) is 11.6 Å². The van der Waals surface area contributed by atoms with E-state index in [4.69, 9.17) is 9.72 Å². The van der Waals surface area contributed by atoms with Crippen molar-refractivity contribution in [2.75, 3.05) is 12.4 Å². The van der Waals surface area contributed by atoms with Crippen LogP contribution in [0.1, 0.15) is 28.7 Å². The summed E-state index contributed by atoms with van der Waals surface area (Å²) in [6.45, 7) is 0. The van der Waals surface area contributed by atoms with Gasteiger partial charge < -0.3 is 10.1 Å². The molecule has 5 heteroatoms. The first-order valence-corrected chi connectivity index (χ1v) is 7.90. The standard InChI is InChI=1S/C15H15N3OS/c1-16-14-10-7-20-8-11(10)17-15(18-14)13-6-9-4-2-3-5-12(9)19-13/h2-5,13H,6-8H2,1H3,(H,16,17,18). The van der Waals surface area contributed by atoms with Gasteiger partial charge in [-0.3, -0.25) is 0 Å². The van der Waals surface area contributed by atoms with Crippen molar-refractivity contribution >= 4 is 17.6 Å². The van der Waals surface area contributed by atoms with Gasteiger partial charge in [0.2, 0.25) is 0 Å². The maximum Gasteiger partial charge on any atom is 0.172 e. The highest BCUT2D eigenvalue weighted by molar-refractivity contribution is 7.98. The Morgan fingerprint density at radius 2 is 2.15 bits per heavy atom. The summed E-state index contributed by atoms with van der Waals surface area (Å²) >= 11 is 1.89. The lowest BCUT2D eigenvalue weighted by Gasteiger charge is -2.13. The van der Waals surface area contributed by atoms with E-state index < -0.39 is 0 Å². The number of hydrogen-bond acceptors (Lipinski definition) is 5. The number of aromatic nitrogens is 2. The lowest BCUT2D eigenvalue weighted by Crippen LogP contribution is -2.12. The van der Waals surface area contributed by atoms with Crippen LogP contribution in [-0.2, 0) is 17.9 Å². The Kier molecular flexibility index (Phi) is 2.80. The first kappa shape index (κ1) is 12.0. The van der Waals surface area contributed by atoms with E-state index in [1.807, 2.05) is 37.0 Å². The summed E-state index contributed by atoms with van der Waals surface area (Å²) < 4.78 is 5.99. The summed E-state index contributed by atoms with van der Waals surface area (Å²) in [5.41, 5.74) is 3.64. The van der Waals surface area contributed by atoms with E-state index in [1.165, 1.54) is 11.1 Å². The average Bonchev–Trinajstić information content (AvgIpc) is 3.12. The molecule has 0 saturated heterocycles. The van der Waals surface area contributed by atoms with Gasteiger partial charge >= 0.3 is 0 Å². The molecule has 2 aromatic rings. The van der Waals surface area contributed by atoms with Crippen LogP contribution in [0.4, 0.5) is 5.82 Å². The molecule has 3 heterocycles. The van der Waals surface area contributed by atoms with E-state index in [2.05, 4.69) is 16.4 Å². The molecule has 0 radical (unpaired) electrons. The number of rotatable bonds is 2. The van der Waals surface area contributed by atoms with Crippen LogP contribution in [0.5, 0.6) is 5.75 Å². The second-order valence-electron chi connectivity index (χ2n) is 5.02. The Bertz CT molecular complexity index is 649. The van der Waals surface area contributed by atoms with Crippen LogP contribution >= 0.6 is 11.8 Å². The smallest absolute Gasteiger partial charge is 0.172 e. The maximum absolute atomic E-state index is 5.99. The molecule has 0 amide bonds. The van der Waals surface area contributed by atoms with Crippen LogP contribution in [0.2, 0.25) is 0 Å². The van der Waals surface area contributed by atoms with Gasteiger partial charge in [0.05, 0.1) is 5.69 Å². The molecule has 0 bridgehead atoms. The fourth-order valence-electron chi connectivity index (χ4n) is 2.75. The number of hydrogen-bond donors (Lipinski definition) is 1. The van der Waals surface area contributed by atoms with Gasteiger partial charge in [-0.2, -0.15) is 11.8 Å². The summed E-state index contributed by atoms with van der Waals surface area (Å²) in [6, 6.07) is 8.17. The van der Waals surface area contributed by atoms with Crippen LogP contribution in [0.25, 0.3) is 0 Å². The summed E-state index contributed by atoms with van der Waals surface area (Å²) in [6.07, 6.45) is 0.793. The Morgan fingerprint density at radius 3 is 3.00 bits per heavy atom. The highest BCUT2D eigenvalue weighted by Crippen LogP contribution is 2.38. The number of anilines is 1. The minimum absolute atomic E-state index is 0.0598. The number of nitrogens with zero attached hydrogens (tertiary/aromatic N) is 2. The minimum Gasteiger partial charge on any atom is -0.482 e. The van der Waals surface area contributed by atoms with Gasteiger partial charge in [-0.1, -0.05) is 18.2 Å². The zero-order chi connectivity index (χ0) is 13.5. The van der Waals surface area contributed by atoms with Crippen LogP contribution in [0.3, 0.4) is 0 Å². The van der Waals surface area contributed by atoms with Gasteiger partial charge in [0.15, 0.2) is 11.9 Å². The third-order valence-electron chi connectivity index (χ3n) is 3.77. The first-order valence-electron chi connectivity index (χ1n) is 6.75. The van der Waals surface area contributed by atoms with E-state index in [-0.39, 0.29) is 6.10 Å². The number of para-hydroxylation sites is 1. The van der Waals surface area contributed by atoms with Crippen LogP contribution in [0.15, 0.2) is 24.3 Å². The lowest BCUT2D eigenvalue weighted by molar-refractivity contribution is 0.227. The molecule has 1 atom stereocenters. The highest BCUT2D eigenvalue weighted by atomic mass is 32.2. The molecule has 2 aliphatic rings. The zero-order valence-electron chi connectivity index (χ0n) is 11.2. The summed E-state index contributed by atoms with van der Waals surface area (Å²) in [5.74, 6) is 4.68. The molecule has 0 fully saturated rings. The summed E-state index contributed by atoms with van der Waals surface area (Å²) in [4.78, 5) is 9.40. The molecule has 1 N–H and O–H groups in total. The Morgan fingerprint density at radius 1 is 1.25 bits per heavy atom. The minimum atomic E-state index is -0.0598. The normalized spacial score (nSPS) is 19.4. The summed E-state index contributed by atoms with van der Waals surface area (Å²) in [7, 11) is 1.92. The number of fused-ring (bicyclic) bond motifs is 2. The average molecular weight is 285 g/mol. The number of thioether (sulfide) groups is 1. The number of benzene rings is 1. The molecule has 1 aromatic heterocycles. The van der Waals surface area contributed by atoms with Crippen LogP contribution < -0.4 is 10.1 Å². The highest BCUT2D eigenvalue weighted by Gasteiger charge is 2.29. The Hall–Kier alpha value is -1.75. The molecular weight excluding hydrogens is 270 g/mol. The SMILES string of the molecule is CNc1nc(C2Cc3ccccc3O2)nc2c1CSC2. The summed E-state index contributed by atoms with van der Waals surface area (Å²) in [5, 5.41) is 3.19. The predicted octanol–water partition coefficient (Wildman–Crippen LogP) is 2.94. The number of ether oxygens (including phenoxy) is 1. The van der Waals surface area contributed by atoms with Crippen LogP contribution in [0, 0.1) is 0 Å². The fourth-order valence-corrected chi connectivity index (χ4v) is 3.79. The van der Waals surface area contributed by atoms with Crippen molar-refractivity contribution in [1.82, 2.24) is 9.97 Å². The number of nitrogens with one attached hydrogen (secondary N) is 1. The van der Waals surface area contributed by atoms with Crippen LogP contribution in [-0.4, -0.2) is 17.0 Å². The van der Waals surface area contributed by atoms with E-state index in [9.17, 15) is 0 Å². The molecule has 0 aliphatic carbocycles. The Balaban J connectivity index is 1.71. The van der Waals surface area contributed by atoms with Gasteiger partial charge in [-0.15, -0.1) is 0 Å². The molecule has 4 nitrogen and oxygen atoms in total. The van der Waals surface area contributed by atoms with Crippen molar-refractivity contribution in [2.24, 2.45) is 0 Å². The maximum atomic E-state index is 5.99. The molecule has 0 saturated carbocycles. The first-order chi connectivity index (χ1) is 9.85. The van der Waals surface area contributed by atoms with Crippen molar-refractivity contribution in [3.63, 3.8) is 0 Å². The van der Waals surface area contributed by atoms with E-state index in [0.29, 0.717) is 0 Å². The third kappa shape index (κ3) is 1.85. The molecule has 2 aliphatic heterocycles. The molecule has 0 spiro atoms. The topological polar surface area (TPSA) is 47.0 Å². The van der Waals surface area contributed by atoms with Crippen molar-refractivity contribution in [2.45, 2.75) is 24.0 Å². The predicted molar refractivity (Wildman–Crippen MR) is 80.1 cm³/mol. The quantitative estimate of drug-likeness (QED) is 0.919. The van der Waals surface area contributed by atoms with E-state index in [0.717, 1.165) is 41.0 Å². The van der Waals surface area contributed by atoms with E-state index >= 15 is 0 Å². The Labute approximate surface area is 122 Å². The molecular formula is C15H15N3OS. The van der Waals surface area contributed by atoms with Crippen molar-refractivity contribution in [3.05, 3.63) is 46.9 Å². The largest absolute Gasteiger partial charge is 0.482 e. The van der Waals surface area contributed by atoms with E-state index in [1.54, 1.807) is 0 Å². The molecule has 20 heavy (non-hydrogen) atoms. The third-order valence-corrected chi connectivity index (χ3v) is 4.74. The monoisotopic (exact) mass is 285 g/mol.